The zero-order valence-electron chi connectivity index (χ0n) is 9.62. The minimum absolute atomic E-state index is 0.128. The predicted molar refractivity (Wildman–Crippen MR) is 55.4 cm³/mol. The second-order valence-electron chi connectivity index (χ2n) is 2.91. The lowest BCUT2D eigenvalue weighted by Crippen LogP contribution is -2.35. The SMILES string of the molecule is CCOC(=O)CN(CC)CC(=O)OCC. The van der Waals surface area contributed by atoms with Gasteiger partial charge < -0.3 is 9.47 Å². The van der Waals surface area contributed by atoms with E-state index in [9.17, 15) is 9.59 Å². The highest BCUT2D eigenvalue weighted by molar-refractivity contribution is 5.74. The second-order valence-corrected chi connectivity index (χ2v) is 2.91. The molecule has 0 bridgehead atoms. The number of rotatable bonds is 7. The fourth-order valence-corrected chi connectivity index (χ4v) is 1.06. The summed E-state index contributed by atoms with van der Waals surface area (Å²) in [7, 11) is 0. The Kier molecular flexibility index (Phi) is 7.62. The van der Waals surface area contributed by atoms with Crippen LogP contribution in [-0.4, -0.2) is 49.7 Å². The van der Waals surface area contributed by atoms with Crippen molar-refractivity contribution in [2.45, 2.75) is 20.8 Å². The Morgan fingerprint density at radius 3 is 1.60 bits per heavy atom. The molecule has 0 aromatic rings. The lowest BCUT2D eigenvalue weighted by molar-refractivity contribution is -0.148. The quantitative estimate of drug-likeness (QED) is 0.579. The highest BCUT2D eigenvalue weighted by Crippen LogP contribution is 1.92. The largest absolute Gasteiger partial charge is 0.465 e. The molecule has 15 heavy (non-hydrogen) atoms. The summed E-state index contributed by atoms with van der Waals surface area (Å²) in [6.45, 7) is 6.95. The number of nitrogens with zero attached hydrogens (tertiary/aromatic N) is 1. The Labute approximate surface area is 90.3 Å². The molecule has 0 spiro atoms. The van der Waals surface area contributed by atoms with Crippen LogP contribution in [-0.2, 0) is 19.1 Å². The molecule has 0 saturated carbocycles. The minimum Gasteiger partial charge on any atom is -0.465 e. The van der Waals surface area contributed by atoms with Crippen molar-refractivity contribution in [2.24, 2.45) is 0 Å². The third kappa shape index (κ3) is 6.90. The van der Waals surface area contributed by atoms with Gasteiger partial charge in [0.2, 0.25) is 0 Å². The molecular weight excluding hydrogens is 198 g/mol. The van der Waals surface area contributed by atoms with Crippen LogP contribution in [0.5, 0.6) is 0 Å². The fourth-order valence-electron chi connectivity index (χ4n) is 1.06. The topological polar surface area (TPSA) is 55.8 Å². The van der Waals surface area contributed by atoms with Crippen molar-refractivity contribution in [3.05, 3.63) is 0 Å². The Morgan fingerprint density at radius 1 is 0.933 bits per heavy atom. The number of likely N-dealkylation sites (N-methyl/N-ethyl adjacent to an activating group) is 1. The van der Waals surface area contributed by atoms with Gasteiger partial charge in [-0.3, -0.25) is 14.5 Å². The monoisotopic (exact) mass is 217 g/mol. The molecule has 0 rings (SSSR count). The molecule has 0 unspecified atom stereocenters. The van der Waals surface area contributed by atoms with Crippen LogP contribution in [0, 0.1) is 0 Å². The van der Waals surface area contributed by atoms with Gasteiger partial charge in [-0.15, -0.1) is 0 Å². The van der Waals surface area contributed by atoms with Crippen LogP contribution in [0.4, 0.5) is 0 Å². The van der Waals surface area contributed by atoms with E-state index in [1.54, 1.807) is 18.7 Å². The molecule has 0 aliphatic carbocycles. The standard InChI is InChI=1S/C10H19NO4/c1-4-11(7-9(12)14-5-2)8-10(13)15-6-3/h4-8H2,1-3H3. The van der Waals surface area contributed by atoms with Crippen LogP contribution in [0.3, 0.4) is 0 Å². The molecule has 0 fully saturated rings. The van der Waals surface area contributed by atoms with Gasteiger partial charge in [0, 0.05) is 0 Å². The Morgan fingerprint density at radius 2 is 1.33 bits per heavy atom. The van der Waals surface area contributed by atoms with Crippen LogP contribution in [0.1, 0.15) is 20.8 Å². The first-order valence-electron chi connectivity index (χ1n) is 5.17. The van der Waals surface area contributed by atoms with Gasteiger partial charge in [0.1, 0.15) is 0 Å². The molecule has 0 atom stereocenters. The molecule has 0 amide bonds. The van der Waals surface area contributed by atoms with Crippen molar-refractivity contribution in [1.29, 1.82) is 0 Å². The zero-order chi connectivity index (χ0) is 11.7. The smallest absolute Gasteiger partial charge is 0.320 e. The average molecular weight is 217 g/mol. The highest BCUT2D eigenvalue weighted by Gasteiger charge is 2.13. The van der Waals surface area contributed by atoms with Crippen molar-refractivity contribution in [3.8, 4) is 0 Å². The summed E-state index contributed by atoms with van der Waals surface area (Å²) >= 11 is 0. The maximum absolute atomic E-state index is 11.1. The van der Waals surface area contributed by atoms with Gasteiger partial charge in [0.15, 0.2) is 0 Å². The maximum Gasteiger partial charge on any atom is 0.320 e. The van der Waals surface area contributed by atoms with Crippen LogP contribution in [0.25, 0.3) is 0 Å². The summed E-state index contributed by atoms with van der Waals surface area (Å²) in [5.74, 6) is -0.632. The molecule has 0 heterocycles. The molecule has 88 valence electrons. The number of hydrogen-bond acceptors (Lipinski definition) is 5. The number of ether oxygens (including phenoxy) is 2. The molecule has 0 radical (unpaired) electrons. The van der Waals surface area contributed by atoms with Crippen LogP contribution < -0.4 is 0 Å². The molecule has 0 aliphatic rings. The molecule has 0 aromatic carbocycles. The third-order valence-electron chi connectivity index (χ3n) is 1.76. The van der Waals surface area contributed by atoms with Crippen LogP contribution in [0.2, 0.25) is 0 Å². The summed E-state index contributed by atoms with van der Waals surface area (Å²) < 4.78 is 9.57. The fraction of sp³-hybridized carbons (Fsp3) is 0.800. The molecule has 5 nitrogen and oxygen atoms in total. The van der Waals surface area contributed by atoms with Gasteiger partial charge in [0.05, 0.1) is 26.3 Å². The lowest BCUT2D eigenvalue weighted by Gasteiger charge is -2.17. The Bertz CT molecular complexity index is 186. The Balaban J connectivity index is 3.91. The predicted octanol–water partition coefficient (Wildman–Crippen LogP) is 0.435. The first-order valence-corrected chi connectivity index (χ1v) is 5.17. The lowest BCUT2D eigenvalue weighted by atomic mass is 10.4. The van der Waals surface area contributed by atoms with Crippen molar-refractivity contribution in [2.75, 3.05) is 32.8 Å². The van der Waals surface area contributed by atoms with E-state index >= 15 is 0 Å². The zero-order valence-corrected chi connectivity index (χ0v) is 9.62. The van der Waals surface area contributed by atoms with Crippen molar-refractivity contribution >= 4 is 11.9 Å². The normalized spacial score (nSPS) is 10.1. The average Bonchev–Trinajstić information content (AvgIpc) is 2.17. The molecule has 0 saturated heterocycles. The summed E-state index contributed by atoms with van der Waals surface area (Å²) in [6.07, 6.45) is 0. The van der Waals surface area contributed by atoms with Gasteiger partial charge in [-0.05, 0) is 20.4 Å². The van der Waals surface area contributed by atoms with Crippen molar-refractivity contribution in [1.82, 2.24) is 4.90 Å². The van der Waals surface area contributed by atoms with E-state index in [0.29, 0.717) is 19.8 Å². The molecule has 0 aliphatic heterocycles. The number of hydrogen-bond donors (Lipinski definition) is 0. The van der Waals surface area contributed by atoms with Crippen LogP contribution >= 0.6 is 0 Å². The van der Waals surface area contributed by atoms with E-state index in [2.05, 4.69) is 0 Å². The molecular formula is C10H19NO4. The summed E-state index contributed by atoms with van der Waals surface area (Å²) in [5.41, 5.74) is 0. The number of carbonyl (C=O) groups excluding carboxylic acids is 2. The third-order valence-corrected chi connectivity index (χ3v) is 1.76. The van der Waals surface area contributed by atoms with E-state index in [0.717, 1.165) is 0 Å². The van der Waals surface area contributed by atoms with E-state index in [4.69, 9.17) is 9.47 Å². The first-order chi connectivity index (χ1) is 7.13. The van der Waals surface area contributed by atoms with E-state index in [1.165, 1.54) is 0 Å². The molecule has 0 N–H and O–H groups in total. The van der Waals surface area contributed by atoms with Crippen LogP contribution in [0.15, 0.2) is 0 Å². The van der Waals surface area contributed by atoms with Gasteiger partial charge in [-0.25, -0.2) is 0 Å². The van der Waals surface area contributed by atoms with Crippen molar-refractivity contribution < 1.29 is 19.1 Å². The van der Waals surface area contributed by atoms with Gasteiger partial charge in [-0.2, -0.15) is 0 Å². The summed E-state index contributed by atoms with van der Waals surface area (Å²) in [5, 5.41) is 0. The highest BCUT2D eigenvalue weighted by atomic mass is 16.5. The minimum atomic E-state index is -0.316. The van der Waals surface area contributed by atoms with E-state index in [1.807, 2.05) is 6.92 Å². The summed E-state index contributed by atoms with van der Waals surface area (Å²) in [6, 6.07) is 0. The molecule has 0 aromatic heterocycles. The summed E-state index contributed by atoms with van der Waals surface area (Å²) in [4.78, 5) is 23.9. The van der Waals surface area contributed by atoms with E-state index < -0.39 is 0 Å². The second kappa shape index (κ2) is 8.23. The number of carbonyl (C=O) groups is 2. The van der Waals surface area contributed by atoms with E-state index in [-0.39, 0.29) is 25.0 Å². The van der Waals surface area contributed by atoms with Gasteiger partial charge >= 0.3 is 11.9 Å². The van der Waals surface area contributed by atoms with Gasteiger partial charge in [0.25, 0.3) is 0 Å². The number of esters is 2. The van der Waals surface area contributed by atoms with Crippen molar-refractivity contribution in [3.63, 3.8) is 0 Å². The van der Waals surface area contributed by atoms with Gasteiger partial charge in [-0.1, -0.05) is 6.92 Å². The Hall–Kier alpha value is -1.10. The first kappa shape index (κ1) is 13.9. The maximum atomic E-state index is 11.1. The molecule has 5 heteroatoms.